The minimum atomic E-state index is -2.16. The Balaban J connectivity index is 1.53. The number of fused-ring (bicyclic) bond motifs is 1. The highest BCUT2D eigenvalue weighted by Crippen LogP contribution is 2.39. The molecule has 1 atom stereocenters. The molecule has 5 N–H and O–H groups in total. The standard InChI is InChI=1S/C32H27N3O6/c33-29(36)16-17-32(34,31(37)38)25-15-14-23(19-26(25)35(39)40)21-10-12-22(13-11-21)30-24-8-4-5-9-27(24)41-28(30)18-20-6-2-1-3-7-20/h1-15,19H,16-18,34H2,(H2,33,36)(H,37,38)/t32-/m1/s1. The second kappa shape index (κ2) is 11.1. The molecule has 1 amide bonds. The van der Waals surface area contributed by atoms with Crippen molar-refractivity contribution in [1.29, 1.82) is 0 Å². The van der Waals surface area contributed by atoms with Gasteiger partial charge in [0.25, 0.3) is 5.69 Å². The molecule has 0 radical (unpaired) electrons. The number of primary amides is 1. The van der Waals surface area contributed by atoms with Crippen LogP contribution >= 0.6 is 0 Å². The normalized spacial score (nSPS) is 12.6. The number of rotatable bonds is 10. The molecule has 4 aromatic carbocycles. The zero-order chi connectivity index (χ0) is 29.1. The quantitative estimate of drug-likeness (QED) is 0.147. The molecule has 9 heteroatoms. The van der Waals surface area contributed by atoms with E-state index in [9.17, 15) is 24.8 Å². The molecule has 5 aromatic rings. The molecule has 0 unspecified atom stereocenters. The number of amides is 1. The Hall–Kier alpha value is -5.28. The van der Waals surface area contributed by atoms with E-state index < -0.39 is 28.0 Å². The van der Waals surface area contributed by atoms with Crippen molar-refractivity contribution in [1.82, 2.24) is 0 Å². The highest BCUT2D eigenvalue weighted by atomic mass is 16.6. The first kappa shape index (κ1) is 27.3. The van der Waals surface area contributed by atoms with Crippen LogP contribution in [0.25, 0.3) is 33.2 Å². The number of nitro groups is 1. The zero-order valence-electron chi connectivity index (χ0n) is 21.9. The fraction of sp³-hybridized carbons (Fsp3) is 0.125. The van der Waals surface area contributed by atoms with Crippen molar-refractivity contribution in [2.45, 2.75) is 24.8 Å². The van der Waals surface area contributed by atoms with E-state index in [0.29, 0.717) is 17.5 Å². The third-order valence-electron chi connectivity index (χ3n) is 7.21. The maximum absolute atomic E-state index is 12.0. The Morgan fingerprint density at radius 3 is 2.17 bits per heavy atom. The number of nitrogens with two attached hydrogens (primary N) is 2. The minimum absolute atomic E-state index is 0.202. The lowest BCUT2D eigenvalue weighted by molar-refractivity contribution is -0.386. The van der Waals surface area contributed by atoms with Gasteiger partial charge in [-0.25, -0.2) is 4.79 Å². The molecule has 0 spiro atoms. The first-order valence-electron chi connectivity index (χ1n) is 12.9. The summed E-state index contributed by atoms with van der Waals surface area (Å²) in [5.74, 6) is -1.41. The number of furan rings is 1. The van der Waals surface area contributed by atoms with E-state index >= 15 is 0 Å². The molecule has 5 rings (SSSR count). The van der Waals surface area contributed by atoms with Crippen molar-refractivity contribution in [2.24, 2.45) is 11.5 Å². The first-order valence-corrected chi connectivity index (χ1v) is 12.9. The molecule has 0 saturated heterocycles. The summed E-state index contributed by atoms with van der Waals surface area (Å²) in [4.78, 5) is 34.7. The Bertz CT molecular complexity index is 1760. The van der Waals surface area contributed by atoms with Gasteiger partial charge in [0.15, 0.2) is 0 Å². The maximum atomic E-state index is 12.0. The largest absolute Gasteiger partial charge is 0.480 e. The van der Waals surface area contributed by atoms with Crippen LogP contribution in [-0.2, 0) is 21.5 Å². The van der Waals surface area contributed by atoms with E-state index in [2.05, 4.69) is 0 Å². The van der Waals surface area contributed by atoms with Crippen LogP contribution in [0.3, 0.4) is 0 Å². The number of carboxylic acid groups (broad SMARTS) is 1. The van der Waals surface area contributed by atoms with Gasteiger partial charge >= 0.3 is 5.97 Å². The van der Waals surface area contributed by atoms with Crippen molar-refractivity contribution < 1.29 is 24.0 Å². The van der Waals surface area contributed by atoms with E-state index in [1.54, 1.807) is 6.07 Å². The average molecular weight is 550 g/mol. The first-order chi connectivity index (χ1) is 19.7. The summed E-state index contributed by atoms with van der Waals surface area (Å²) < 4.78 is 6.25. The monoisotopic (exact) mass is 549 g/mol. The number of nitro benzene ring substituents is 1. The van der Waals surface area contributed by atoms with Gasteiger partial charge in [-0.3, -0.25) is 14.9 Å². The highest BCUT2D eigenvalue weighted by molar-refractivity contribution is 5.96. The lowest BCUT2D eigenvalue weighted by Gasteiger charge is -2.24. The summed E-state index contributed by atoms with van der Waals surface area (Å²) in [6, 6.07) is 29.6. The van der Waals surface area contributed by atoms with Crippen LogP contribution in [0.4, 0.5) is 5.69 Å². The topological polar surface area (TPSA) is 163 Å². The van der Waals surface area contributed by atoms with Crippen molar-refractivity contribution in [3.8, 4) is 22.3 Å². The Labute approximate surface area is 235 Å². The van der Waals surface area contributed by atoms with Gasteiger partial charge < -0.3 is 21.0 Å². The van der Waals surface area contributed by atoms with Crippen LogP contribution in [0.2, 0.25) is 0 Å². The number of benzene rings is 4. The third kappa shape index (κ3) is 5.43. The molecule has 0 aliphatic carbocycles. The molecule has 41 heavy (non-hydrogen) atoms. The fourth-order valence-corrected chi connectivity index (χ4v) is 5.06. The van der Waals surface area contributed by atoms with Crippen LogP contribution in [0, 0.1) is 10.1 Å². The van der Waals surface area contributed by atoms with Gasteiger partial charge in [-0.05, 0) is 40.8 Å². The van der Waals surface area contributed by atoms with Gasteiger partial charge in [-0.1, -0.05) is 78.9 Å². The van der Waals surface area contributed by atoms with Crippen LogP contribution < -0.4 is 11.5 Å². The maximum Gasteiger partial charge on any atom is 0.328 e. The van der Waals surface area contributed by atoms with Gasteiger partial charge in [0.05, 0.1) is 10.5 Å². The lowest BCUT2D eigenvalue weighted by atomic mass is 9.84. The number of hydrogen-bond acceptors (Lipinski definition) is 6. The van der Waals surface area contributed by atoms with Gasteiger partial charge in [-0.15, -0.1) is 0 Å². The van der Waals surface area contributed by atoms with E-state index in [4.69, 9.17) is 15.9 Å². The van der Waals surface area contributed by atoms with Gasteiger partial charge in [0.1, 0.15) is 16.9 Å². The van der Waals surface area contributed by atoms with Crippen LogP contribution in [0.1, 0.15) is 29.7 Å². The predicted octanol–water partition coefficient (Wildman–Crippen LogP) is 5.77. The van der Waals surface area contributed by atoms with E-state index in [1.807, 2.05) is 78.9 Å². The summed E-state index contributed by atoms with van der Waals surface area (Å²) in [6.07, 6.45) is -0.102. The summed E-state index contributed by atoms with van der Waals surface area (Å²) in [5.41, 5.74) is 13.5. The van der Waals surface area contributed by atoms with E-state index in [0.717, 1.165) is 33.4 Å². The molecule has 0 fully saturated rings. The van der Waals surface area contributed by atoms with Gasteiger partial charge in [0.2, 0.25) is 5.91 Å². The summed E-state index contributed by atoms with van der Waals surface area (Å²) in [5, 5.41) is 22.8. The minimum Gasteiger partial charge on any atom is -0.480 e. The number of aliphatic carboxylic acids is 1. The lowest BCUT2D eigenvalue weighted by Crippen LogP contribution is -2.46. The second-order valence-corrected chi connectivity index (χ2v) is 9.87. The molecular weight excluding hydrogens is 522 g/mol. The van der Waals surface area contributed by atoms with Gasteiger partial charge in [-0.2, -0.15) is 0 Å². The smallest absolute Gasteiger partial charge is 0.328 e. The van der Waals surface area contributed by atoms with E-state index in [1.165, 1.54) is 12.1 Å². The Morgan fingerprint density at radius 2 is 1.51 bits per heavy atom. The fourth-order valence-electron chi connectivity index (χ4n) is 5.06. The number of para-hydroxylation sites is 1. The molecule has 9 nitrogen and oxygen atoms in total. The molecule has 1 heterocycles. The average Bonchev–Trinajstić information content (AvgIpc) is 3.33. The predicted molar refractivity (Wildman–Crippen MR) is 155 cm³/mol. The van der Waals surface area contributed by atoms with Crippen molar-refractivity contribution >= 4 is 28.5 Å². The third-order valence-corrected chi connectivity index (χ3v) is 7.21. The molecule has 0 saturated carbocycles. The van der Waals surface area contributed by atoms with Crippen molar-refractivity contribution in [3.05, 3.63) is 124 Å². The summed E-state index contributed by atoms with van der Waals surface area (Å²) >= 11 is 0. The van der Waals surface area contributed by atoms with Crippen molar-refractivity contribution in [2.75, 3.05) is 0 Å². The summed E-state index contributed by atoms with van der Waals surface area (Å²) in [7, 11) is 0. The molecule has 0 aliphatic rings. The zero-order valence-corrected chi connectivity index (χ0v) is 21.9. The van der Waals surface area contributed by atoms with Crippen LogP contribution in [-0.4, -0.2) is 21.9 Å². The number of carboxylic acids is 1. The number of hydrogen-bond donors (Lipinski definition) is 3. The molecule has 1 aromatic heterocycles. The van der Waals surface area contributed by atoms with Crippen molar-refractivity contribution in [3.63, 3.8) is 0 Å². The SMILES string of the molecule is NC(=O)CC[C@](N)(C(=O)O)c1ccc(-c2ccc(-c3c(Cc4ccccc4)oc4ccccc34)cc2)cc1[N+](=O)[O-]. The second-order valence-electron chi connectivity index (χ2n) is 9.87. The summed E-state index contributed by atoms with van der Waals surface area (Å²) in [6.45, 7) is 0. The highest BCUT2D eigenvalue weighted by Gasteiger charge is 2.41. The molecule has 0 bridgehead atoms. The van der Waals surface area contributed by atoms with E-state index in [-0.39, 0.29) is 18.4 Å². The molecule has 206 valence electrons. The molecule has 0 aliphatic heterocycles. The van der Waals surface area contributed by atoms with Crippen LogP contribution in [0.15, 0.2) is 101 Å². The van der Waals surface area contributed by atoms with Gasteiger partial charge in [0, 0.05) is 29.9 Å². The molecular formula is C32H27N3O6. The Kier molecular flexibility index (Phi) is 7.37. The number of carbonyl (C=O) groups excluding carboxylic acids is 1. The number of nitrogens with zero attached hydrogens (tertiary/aromatic N) is 1. The Morgan fingerprint density at radius 1 is 0.878 bits per heavy atom. The number of carbonyl (C=O) groups is 2. The van der Waals surface area contributed by atoms with Crippen LogP contribution in [0.5, 0.6) is 0 Å².